The van der Waals surface area contributed by atoms with E-state index in [2.05, 4.69) is 33.2 Å². The molecule has 1 aromatic carbocycles. The first-order chi connectivity index (χ1) is 12.7. The van der Waals surface area contributed by atoms with Gasteiger partial charge in [-0.25, -0.2) is 4.98 Å². The summed E-state index contributed by atoms with van der Waals surface area (Å²) in [5, 5.41) is 1.21. The van der Waals surface area contributed by atoms with Crippen molar-refractivity contribution < 1.29 is 4.79 Å². The molecule has 0 spiro atoms. The van der Waals surface area contributed by atoms with Crippen molar-refractivity contribution in [3.8, 4) is 0 Å². The summed E-state index contributed by atoms with van der Waals surface area (Å²) in [6, 6.07) is 10.4. The van der Waals surface area contributed by atoms with E-state index in [0.29, 0.717) is 11.6 Å². The second kappa shape index (κ2) is 7.20. The van der Waals surface area contributed by atoms with E-state index in [1.165, 1.54) is 10.9 Å². The smallest absolute Gasteiger partial charge is 0.274 e. The van der Waals surface area contributed by atoms with Gasteiger partial charge in [0.1, 0.15) is 5.69 Å². The minimum atomic E-state index is -0.0122. The van der Waals surface area contributed by atoms with Gasteiger partial charge in [0.05, 0.1) is 17.4 Å². The van der Waals surface area contributed by atoms with Gasteiger partial charge in [-0.2, -0.15) is 0 Å². The lowest BCUT2D eigenvalue weighted by molar-refractivity contribution is 0.0667. The Bertz CT molecular complexity index is 917. The first-order valence-electron chi connectivity index (χ1n) is 9.11. The number of para-hydroxylation sites is 1. The Morgan fingerprint density at radius 3 is 2.88 bits per heavy atom. The highest BCUT2D eigenvalue weighted by Gasteiger charge is 2.25. The van der Waals surface area contributed by atoms with Crippen molar-refractivity contribution in [2.24, 2.45) is 5.92 Å². The lowest BCUT2D eigenvalue weighted by atomic mass is 9.90. The number of carbonyl (C=O) groups is 1. The molecule has 0 aliphatic carbocycles. The number of likely N-dealkylation sites (tertiary alicyclic amines) is 1. The molecular weight excluding hydrogens is 324 g/mol. The number of nitrogens with zero attached hydrogens (tertiary/aromatic N) is 4. The Hall–Kier alpha value is -2.82. The molecule has 3 aromatic rings. The minimum Gasteiger partial charge on any atom is -0.337 e. The molecule has 1 aliphatic rings. The largest absolute Gasteiger partial charge is 0.337 e. The summed E-state index contributed by atoms with van der Waals surface area (Å²) in [4.78, 5) is 27.5. The molecule has 5 heteroatoms. The van der Waals surface area contributed by atoms with Crippen molar-refractivity contribution in [1.29, 1.82) is 0 Å². The predicted octanol–water partition coefficient (Wildman–Crippen LogP) is 3.43. The fraction of sp³-hybridized carbons (Fsp3) is 0.333. The summed E-state index contributed by atoms with van der Waals surface area (Å²) in [6.07, 6.45) is 8.24. The zero-order valence-corrected chi connectivity index (χ0v) is 14.9. The zero-order valence-electron chi connectivity index (χ0n) is 14.9. The molecule has 5 nitrogen and oxygen atoms in total. The number of hydrogen-bond acceptors (Lipinski definition) is 4. The van der Waals surface area contributed by atoms with Crippen LogP contribution in [-0.2, 0) is 6.42 Å². The van der Waals surface area contributed by atoms with E-state index in [1.807, 2.05) is 30.2 Å². The first-order valence-corrected chi connectivity index (χ1v) is 9.11. The van der Waals surface area contributed by atoms with Gasteiger partial charge in [-0.05, 0) is 49.8 Å². The first kappa shape index (κ1) is 16.6. The van der Waals surface area contributed by atoms with Gasteiger partial charge in [-0.1, -0.05) is 18.2 Å². The predicted molar refractivity (Wildman–Crippen MR) is 101 cm³/mol. The summed E-state index contributed by atoms with van der Waals surface area (Å²) in [7, 11) is 0. The number of aromatic nitrogens is 3. The van der Waals surface area contributed by atoms with Gasteiger partial charge >= 0.3 is 0 Å². The van der Waals surface area contributed by atoms with Gasteiger partial charge in [0, 0.05) is 30.9 Å². The number of piperidine rings is 1. The van der Waals surface area contributed by atoms with Gasteiger partial charge in [0.15, 0.2) is 0 Å². The van der Waals surface area contributed by atoms with Crippen molar-refractivity contribution in [3.05, 3.63) is 65.9 Å². The maximum Gasteiger partial charge on any atom is 0.274 e. The van der Waals surface area contributed by atoms with Crippen LogP contribution in [0.15, 0.2) is 48.9 Å². The molecule has 0 radical (unpaired) electrons. The molecule has 3 heterocycles. The Labute approximate surface area is 153 Å². The highest BCUT2D eigenvalue weighted by molar-refractivity contribution is 5.92. The third-order valence-electron chi connectivity index (χ3n) is 5.05. The number of aryl methyl sites for hydroxylation is 1. The number of carbonyl (C=O) groups excluding carboxylic acids is 1. The van der Waals surface area contributed by atoms with E-state index in [4.69, 9.17) is 0 Å². The van der Waals surface area contributed by atoms with Crippen molar-refractivity contribution >= 4 is 16.8 Å². The lowest BCUT2D eigenvalue weighted by Gasteiger charge is -2.32. The summed E-state index contributed by atoms with van der Waals surface area (Å²) < 4.78 is 0. The van der Waals surface area contributed by atoms with Gasteiger partial charge in [0.25, 0.3) is 5.91 Å². The molecular formula is C21H22N4O. The van der Waals surface area contributed by atoms with E-state index in [9.17, 15) is 4.79 Å². The van der Waals surface area contributed by atoms with Gasteiger partial charge in [-0.15, -0.1) is 0 Å². The van der Waals surface area contributed by atoms with Crippen molar-refractivity contribution in [3.63, 3.8) is 0 Å². The van der Waals surface area contributed by atoms with Crippen molar-refractivity contribution in [2.45, 2.75) is 26.2 Å². The summed E-state index contributed by atoms with van der Waals surface area (Å²) in [5.41, 5.74) is 3.60. The van der Waals surface area contributed by atoms with Crippen LogP contribution in [0.4, 0.5) is 0 Å². The maximum atomic E-state index is 12.7. The molecule has 4 rings (SSSR count). The van der Waals surface area contributed by atoms with E-state index in [0.717, 1.165) is 43.6 Å². The second-order valence-electron chi connectivity index (χ2n) is 6.99. The van der Waals surface area contributed by atoms with Crippen LogP contribution in [0.5, 0.6) is 0 Å². The Kier molecular flexibility index (Phi) is 4.61. The minimum absolute atomic E-state index is 0.0122. The summed E-state index contributed by atoms with van der Waals surface area (Å²) in [6.45, 7) is 3.43. The molecule has 0 bridgehead atoms. The molecule has 132 valence electrons. The van der Waals surface area contributed by atoms with Crippen LogP contribution in [0.3, 0.4) is 0 Å². The average Bonchev–Trinajstić information content (AvgIpc) is 2.69. The Morgan fingerprint density at radius 1 is 1.15 bits per heavy atom. The standard InChI is InChI=1S/C21H22N4O/c1-15-12-24-20(13-23-15)21(26)25-10-4-5-16(14-25)11-17-8-9-22-19-7-3-2-6-18(17)19/h2-3,6-9,12-13,16H,4-5,10-11,14H2,1H3/t16-/m1/s1. The third kappa shape index (κ3) is 3.43. The van der Waals surface area contributed by atoms with Crippen LogP contribution in [0.25, 0.3) is 10.9 Å². The maximum absolute atomic E-state index is 12.7. The van der Waals surface area contributed by atoms with Gasteiger partial charge < -0.3 is 4.90 Å². The SMILES string of the molecule is Cc1cnc(C(=O)N2CCC[C@H](Cc3ccnc4ccccc34)C2)cn1. The number of benzene rings is 1. The molecule has 26 heavy (non-hydrogen) atoms. The lowest BCUT2D eigenvalue weighted by Crippen LogP contribution is -2.40. The van der Waals surface area contributed by atoms with Crippen LogP contribution in [0.1, 0.15) is 34.6 Å². The number of pyridine rings is 1. The molecule has 1 saturated heterocycles. The molecule has 0 saturated carbocycles. The van der Waals surface area contributed by atoms with Crippen LogP contribution < -0.4 is 0 Å². The fourth-order valence-electron chi connectivity index (χ4n) is 3.73. The highest BCUT2D eigenvalue weighted by atomic mass is 16.2. The summed E-state index contributed by atoms with van der Waals surface area (Å²) >= 11 is 0. The number of fused-ring (bicyclic) bond motifs is 1. The van der Waals surface area contributed by atoms with Gasteiger partial charge in [-0.3, -0.25) is 14.8 Å². The molecule has 1 atom stereocenters. The molecule has 1 amide bonds. The number of rotatable bonds is 3. The van der Waals surface area contributed by atoms with E-state index in [1.54, 1.807) is 12.4 Å². The Morgan fingerprint density at radius 2 is 2.04 bits per heavy atom. The quantitative estimate of drug-likeness (QED) is 0.729. The van der Waals surface area contributed by atoms with Crippen LogP contribution in [-0.4, -0.2) is 38.8 Å². The summed E-state index contributed by atoms with van der Waals surface area (Å²) in [5.74, 6) is 0.443. The fourth-order valence-corrected chi connectivity index (χ4v) is 3.73. The van der Waals surface area contributed by atoms with E-state index >= 15 is 0 Å². The Balaban J connectivity index is 1.50. The third-order valence-corrected chi connectivity index (χ3v) is 5.05. The van der Waals surface area contributed by atoms with Crippen LogP contribution in [0.2, 0.25) is 0 Å². The topological polar surface area (TPSA) is 59.0 Å². The second-order valence-corrected chi connectivity index (χ2v) is 6.99. The molecule has 0 unspecified atom stereocenters. The normalized spacial score (nSPS) is 17.4. The molecule has 0 N–H and O–H groups in total. The van der Waals surface area contributed by atoms with E-state index in [-0.39, 0.29) is 5.91 Å². The molecule has 1 fully saturated rings. The van der Waals surface area contributed by atoms with Crippen LogP contribution >= 0.6 is 0 Å². The number of hydrogen-bond donors (Lipinski definition) is 0. The highest BCUT2D eigenvalue weighted by Crippen LogP contribution is 2.25. The van der Waals surface area contributed by atoms with Gasteiger partial charge in [0.2, 0.25) is 0 Å². The van der Waals surface area contributed by atoms with Crippen molar-refractivity contribution in [2.75, 3.05) is 13.1 Å². The molecule has 1 aliphatic heterocycles. The average molecular weight is 346 g/mol. The van der Waals surface area contributed by atoms with Crippen LogP contribution in [0, 0.1) is 12.8 Å². The number of amides is 1. The van der Waals surface area contributed by atoms with Crippen molar-refractivity contribution in [1.82, 2.24) is 19.9 Å². The molecule has 2 aromatic heterocycles. The van der Waals surface area contributed by atoms with E-state index < -0.39 is 0 Å². The monoisotopic (exact) mass is 346 g/mol. The zero-order chi connectivity index (χ0) is 17.9.